The summed E-state index contributed by atoms with van der Waals surface area (Å²) in [5.74, 6) is 0. The predicted octanol–water partition coefficient (Wildman–Crippen LogP) is 5.04. The van der Waals surface area contributed by atoms with Gasteiger partial charge in [-0.1, -0.05) is 55.7 Å². The van der Waals surface area contributed by atoms with Gasteiger partial charge in [-0.15, -0.1) is 0 Å². The highest BCUT2D eigenvalue weighted by molar-refractivity contribution is 5.29. The van der Waals surface area contributed by atoms with E-state index in [1.54, 1.807) is 0 Å². The molecule has 0 saturated heterocycles. The zero-order valence-electron chi connectivity index (χ0n) is 10.6. The van der Waals surface area contributed by atoms with Crippen molar-refractivity contribution in [3.8, 4) is 0 Å². The molecule has 1 unspecified atom stereocenters. The van der Waals surface area contributed by atoms with Gasteiger partial charge < -0.3 is 0 Å². The lowest BCUT2D eigenvalue weighted by Crippen LogP contribution is -2.12. The van der Waals surface area contributed by atoms with Gasteiger partial charge in [-0.25, -0.2) is 0 Å². The van der Waals surface area contributed by atoms with Crippen LogP contribution >= 0.6 is 0 Å². The van der Waals surface area contributed by atoms with E-state index in [1.807, 2.05) is 0 Å². The lowest BCUT2D eigenvalue weighted by atomic mass is 9.80. The Labute approximate surface area is 94.8 Å². The molecule has 0 spiro atoms. The molecule has 0 amide bonds. The number of allylic oxidation sites excluding steroid dienone is 6. The van der Waals surface area contributed by atoms with Gasteiger partial charge in [-0.3, -0.25) is 0 Å². The third kappa shape index (κ3) is 4.07. The molecule has 0 saturated carbocycles. The third-order valence-electron chi connectivity index (χ3n) is 3.12. The molecule has 0 aromatic heterocycles. The molecule has 0 aromatic carbocycles. The molecule has 0 aromatic rings. The number of hydrogen-bond acceptors (Lipinski definition) is 0. The van der Waals surface area contributed by atoms with Crippen molar-refractivity contribution in [1.29, 1.82) is 0 Å². The molecule has 15 heavy (non-hydrogen) atoms. The monoisotopic (exact) mass is 204 g/mol. The summed E-state index contributed by atoms with van der Waals surface area (Å²) >= 11 is 0. The summed E-state index contributed by atoms with van der Waals surface area (Å²) in [5, 5.41) is 0. The Hall–Kier alpha value is -0.780. The summed E-state index contributed by atoms with van der Waals surface area (Å²) in [6, 6.07) is 0. The van der Waals surface area contributed by atoms with Crippen molar-refractivity contribution >= 4 is 0 Å². The van der Waals surface area contributed by atoms with Crippen molar-refractivity contribution in [2.75, 3.05) is 0 Å². The Morgan fingerprint density at radius 2 is 2.00 bits per heavy atom. The molecule has 0 bridgehead atoms. The Morgan fingerprint density at radius 1 is 1.27 bits per heavy atom. The normalized spacial score (nSPS) is 27.5. The van der Waals surface area contributed by atoms with E-state index in [2.05, 4.69) is 52.0 Å². The van der Waals surface area contributed by atoms with Gasteiger partial charge in [0.25, 0.3) is 0 Å². The molecule has 84 valence electrons. The molecular weight excluding hydrogens is 180 g/mol. The van der Waals surface area contributed by atoms with Gasteiger partial charge in [0.2, 0.25) is 0 Å². The molecule has 1 atom stereocenters. The maximum Gasteiger partial charge on any atom is -0.0138 e. The molecule has 0 radical (unpaired) electrons. The molecule has 0 nitrogen and oxygen atoms in total. The van der Waals surface area contributed by atoms with Crippen LogP contribution in [0.1, 0.15) is 53.4 Å². The molecule has 0 aliphatic heterocycles. The van der Waals surface area contributed by atoms with Gasteiger partial charge >= 0.3 is 0 Å². The van der Waals surface area contributed by atoms with Crippen LogP contribution in [0.3, 0.4) is 0 Å². The smallest absolute Gasteiger partial charge is 0.0138 e. The first-order valence-corrected chi connectivity index (χ1v) is 6.10. The fourth-order valence-electron chi connectivity index (χ4n) is 2.52. The first-order valence-electron chi connectivity index (χ1n) is 6.10. The fourth-order valence-corrected chi connectivity index (χ4v) is 2.52. The van der Waals surface area contributed by atoms with Crippen molar-refractivity contribution in [3.05, 3.63) is 35.5 Å². The van der Waals surface area contributed by atoms with Gasteiger partial charge in [0.15, 0.2) is 0 Å². The predicted molar refractivity (Wildman–Crippen MR) is 68.9 cm³/mol. The van der Waals surface area contributed by atoms with Crippen molar-refractivity contribution in [2.24, 2.45) is 5.41 Å². The molecule has 0 heterocycles. The minimum atomic E-state index is 0.393. The summed E-state index contributed by atoms with van der Waals surface area (Å²) < 4.78 is 0. The van der Waals surface area contributed by atoms with E-state index in [-0.39, 0.29) is 0 Å². The summed E-state index contributed by atoms with van der Waals surface area (Å²) in [7, 11) is 0. The average molecular weight is 204 g/mol. The second-order valence-electron chi connectivity index (χ2n) is 5.12. The largest absolute Gasteiger partial charge is 0.0842 e. The van der Waals surface area contributed by atoms with Gasteiger partial charge in [0.1, 0.15) is 0 Å². The van der Waals surface area contributed by atoms with Crippen molar-refractivity contribution in [1.82, 2.24) is 0 Å². The van der Waals surface area contributed by atoms with Gasteiger partial charge in [0.05, 0.1) is 0 Å². The maximum atomic E-state index is 2.47. The molecule has 1 aliphatic carbocycles. The van der Waals surface area contributed by atoms with Crippen LogP contribution in [-0.2, 0) is 0 Å². The van der Waals surface area contributed by atoms with Gasteiger partial charge in [-0.2, -0.15) is 0 Å². The number of hydrogen-bond donors (Lipinski definition) is 0. The Kier molecular flexibility index (Phi) is 4.38. The van der Waals surface area contributed by atoms with Crippen molar-refractivity contribution < 1.29 is 0 Å². The minimum absolute atomic E-state index is 0.393. The van der Waals surface area contributed by atoms with Crippen LogP contribution in [0, 0.1) is 5.41 Å². The Bertz CT molecular complexity index is 291. The van der Waals surface area contributed by atoms with Crippen LogP contribution < -0.4 is 0 Å². The first-order chi connectivity index (χ1) is 7.06. The standard InChI is InChI=1S/C15H24/c1-5-9-15(4)10-7-6-8-13(2)11-14(3)12-15/h6,8,11-12H,5,7,9-10H2,1-4H3. The van der Waals surface area contributed by atoms with E-state index in [1.165, 1.54) is 36.8 Å². The van der Waals surface area contributed by atoms with Crippen LogP contribution in [0.25, 0.3) is 0 Å². The van der Waals surface area contributed by atoms with Crippen LogP contribution in [0.2, 0.25) is 0 Å². The van der Waals surface area contributed by atoms with Gasteiger partial charge in [0, 0.05) is 0 Å². The lowest BCUT2D eigenvalue weighted by Gasteiger charge is -2.25. The molecule has 1 rings (SSSR count). The van der Waals surface area contributed by atoms with E-state index in [0.717, 1.165) is 0 Å². The van der Waals surface area contributed by atoms with Crippen LogP contribution in [0.4, 0.5) is 0 Å². The highest BCUT2D eigenvalue weighted by Gasteiger charge is 2.19. The summed E-state index contributed by atoms with van der Waals surface area (Å²) in [6.45, 7) is 9.06. The van der Waals surface area contributed by atoms with Crippen LogP contribution in [-0.4, -0.2) is 0 Å². The Balaban J connectivity index is 2.93. The van der Waals surface area contributed by atoms with E-state index in [0.29, 0.717) is 5.41 Å². The van der Waals surface area contributed by atoms with Crippen LogP contribution in [0.15, 0.2) is 35.5 Å². The molecule has 0 fully saturated rings. The SMILES string of the molecule is CCCC1(C)C=C(C)C=C(C)C=CCC1. The molecule has 0 heteroatoms. The Morgan fingerprint density at radius 3 is 2.67 bits per heavy atom. The summed E-state index contributed by atoms with van der Waals surface area (Å²) in [4.78, 5) is 0. The van der Waals surface area contributed by atoms with E-state index in [9.17, 15) is 0 Å². The number of rotatable bonds is 2. The van der Waals surface area contributed by atoms with E-state index < -0.39 is 0 Å². The first kappa shape index (κ1) is 12.3. The van der Waals surface area contributed by atoms with Crippen LogP contribution in [0.5, 0.6) is 0 Å². The second-order valence-corrected chi connectivity index (χ2v) is 5.12. The van der Waals surface area contributed by atoms with Crippen molar-refractivity contribution in [3.63, 3.8) is 0 Å². The third-order valence-corrected chi connectivity index (χ3v) is 3.12. The molecule has 0 N–H and O–H groups in total. The summed E-state index contributed by atoms with van der Waals surface area (Å²) in [6.07, 6.45) is 14.4. The quantitative estimate of drug-likeness (QED) is 0.591. The van der Waals surface area contributed by atoms with Gasteiger partial charge in [-0.05, 0) is 38.5 Å². The summed E-state index contributed by atoms with van der Waals surface area (Å²) in [5.41, 5.74) is 3.17. The zero-order valence-corrected chi connectivity index (χ0v) is 10.6. The molecule has 1 aliphatic rings. The lowest BCUT2D eigenvalue weighted by molar-refractivity contribution is 0.358. The topological polar surface area (TPSA) is 0 Å². The van der Waals surface area contributed by atoms with E-state index in [4.69, 9.17) is 0 Å². The second kappa shape index (κ2) is 5.34. The highest BCUT2D eigenvalue weighted by Crippen LogP contribution is 2.33. The zero-order chi connectivity index (χ0) is 11.3. The highest BCUT2D eigenvalue weighted by atomic mass is 14.2. The fraction of sp³-hybridized carbons (Fsp3) is 0.600. The van der Waals surface area contributed by atoms with E-state index >= 15 is 0 Å². The minimum Gasteiger partial charge on any atom is -0.0842 e. The maximum absolute atomic E-state index is 2.47. The average Bonchev–Trinajstić information content (AvgIpc) is 2.16. The van der Waals surface area contributed by atoms with Crippen molar-refractivity contribution in [2.45, 2.75) is 53.4 Å². The molecular formula is C15H24.